The second kappa shape index (κ2) is 10.3. The van der Waals surface area contributed by atoms with Gasteiger partial charge in [-0.25, -0.2) is 4.57 Å². The zero-order valence-electron chi connectivity index (χ0n) is 16.7. The minimum Gasteiger partial charge on any atom is -1.00 e. The summed E-state index contributed by atoms with van der Waals surface area (Å²) in [6.07, 6.45) is 2.40. The smallest absolute Gasteiger partial charge is 0.289 e. The Labute approximate surface area is 200 Å². The van der Waals surface area contributed by atoms with E-state index in [0.717, 1.165) is 29.2 Å². The fraction of sp³-hybridized carbons (Fsp3) is 0.227. The highest BCUT2D eigenvalue weighted by molar-refractivity contribution is 6.33. The molecule has 1 aromatic heterocycles. The van der Waals surface area contributed by atoms with Crippen molar-refractivity contribution in [3.05, 3.63) is 75.7 Å². The Morgan fingerprint density at radius 2 is 1.87 bits per heavy atom. The quantitative estimate of drug-likeness (QED) is 0.372. The van der Waals surface area contributed by atoms with Gasteiger partial charge in [0.05, 0.1) is 0 Å². The second-order valence-corrected chi connectivity index (χ2v) is 7.73. The van der Waals surface area contributed by atoms with Crippen molar-refractivity contribution in [1.82, 2.24) is 4.98 Å². The molecule has 0 fully saturated rings. The number of halogens is 3. The first kappa shape index (κ1) is 23.3. The molecule has 0 aliphatic carbocycles. The molecule has 0 amide bonds. The van der Waals surface area contributed by atoms with Crippen LogP contribution in [-0.4, -0.2) is 24.1 Å². The van der Waals surface area contributed by atoms with Crippen LogP contribution in [-0.2, 0) is 13.0 Å². The van der Waals surface area contributed by atoms with Gasteiger partial charge in [-0.15, -0.1) is 0 Å². The molecule has 0 bridgehead atoms. The number of carbonyl (C=O) groups excluding carboxylic acids is 1. The van der Waals surface area contributed by atoms with Crippen molar-refractivity contribution >= 4 is 34.8 Å². The lowest BCUT2D eigenvalue weighted by molar-refractivity contribution is -0.691. The van der Waals surface area contributed by atoms with Crippen molar-refractivity contribution in [2.45, 2.75) is 19.9 Å². The lowest BCUT2D eigenvalue weighted by Crippen LogP contribution is -3.00. The number of hydrogen-bond acceptors (Lipinski definition) is 5. The molecule has 1 N–H and O–H groups in total. The lowest BCUT2D eigenvalue weighted by atomic mass is 10.1. The first-order valence-electron chi connectivity index (χ1n) is 9.47. The topological polar surface area (TPSA) is 64.3 Å². The summed E-state index contributed by atoms with van der Waals surface area (Å²) in [7, 11) is 0. The maximum absolute atomic E-state index is 12.5. The van der Waals surface area contributed by atoms with Gasteiger partial charge in [0, 0.05) is 17.1 Å². The molecule has 0 radical (unpaired) electrons. The Balaban J connectivity index is 0.00000272. The summed E-state index contributed by atoms with van der Waals surface area (Å²) in [5.74, 6) is 2.09. The number of hydrogen-bond donors (Lipinski definition) is 1. The largest absolute Gasteiger partial charge is 1.00 e. The number of aromatic nitrogens is 2. The highest BCUT2D eigenvalue weighted by Crippen LogP contribution is 2.32. The van der Waals surface area contributed by atoms with Crippen LogP contribution in [0.2, 0.25) is 10.0 Å². The lowest BCUT2D eigenvalue weighted by Gasteiger charge is -2.08. The van der Waals surface area contributed by atoms with E-state index in [1.54, 1.807) is 35.2 Å². The van der Waals surface area contributed by atoms with Crippen molar-refractivity contribution in [2.75, 3.05) is 18.7 Å². The SMILES string of the molecule is Cc1c(Cl)c(NCCc2ccc3c(c2)OCO3)nc[n+]1CC(=O)c1ccc(Cl)cc1.[Br-]. The van der Waals surface area contributed by atoms with Gasteiger partial charge in [0.1, 0.15) is 5.69 Å². The third-order valence-corrected chi connectivity index (χ3v) is 5.61. The first-order chi connectivity index (χ1) is 14.5. The van der Waals surface area contributed by atoms with E-state index >= 15 is 0 Å². The van der Waals surface area contributed by atoms with Gasteiger partial charge in [0.25, 0.3) is 12.1 Å². The van der Waals surface area contributed by atoms with Crippen molar-refractivity contribution in [1.29, 1.82) is 0 Å². The molecule has 1 aliphatic heterocycles. The molecule has 2 heterocycles. The standard InChI is InChI=1S/C22H19Cl2N3O3.BrH/c1-14-21(24)22(25-9-8-15-2-7-19-20(10-15)30-13-29-19)26-12-27(14)11-18(28)16-3-5-17(23)6-4-16;/h2-7,10,12H,8-9,11,13H2,1H3;1H. The molecule has 0 saturated heterocycles. The molecule has 9 heteroatoms. The summed E-state index contributed by atoms with van der Waals surface area (Å²) in [6, 6.07) is 12.7. The van der Waals surface area contributed by atoms with Gasteiger partial charge in [0.15, 0.2) is 23.1 Å². The highest BCUT2D eigenvalue weighted by Gasteiger charge is 2.19. The van der Waals surface area contributed by atoms with E-state index in [1.807, 2.05) is 25.1 Å². The van der Waals surface area contributed by atoms with Crippen LogP contribution < -0.4 is 36.3 Å². The van der Waals surface area contributed by atoms with Crippen LogP contribution in [0.3, 0.4) is 0 Å². The van der Waals surface area contributed by atoms with E-state index < -0.39 is 0 Å². The molecule has 3 aromatic rings. The van der Waals surface area contributed by atoms with E-state index in [9.17, 15) is 4.79 Å². The Kier molecular flexibility index (Phi) is 7.75. The second-order valence-electron chi connectivity index (χ2n) is 6.91. The third kappa shape index (κ3) is 5.47. The third-order valence-electron chi connectivity index (χ3n) is 4.91. The number of fused-ring (bicyclic) bond motifs is 1. The number of benzene rings is 2. The van der Waals surface area contributed by atoms with Crippen LogP contribution in [0.5, 0.6) is 11.5 Å². The zero-order valence-corrected chi connectivity index (χ0v) is 19.8. The molecule has 162 valence electrons. The van der Waals surface area contributed by atoms with Crippen LogP contribution >= 0.6 is 23.2 Å². The number of anilines is 1. The fourth-order valence-electron chi connectivity index (χ4n) is 3.15. The number of carbonyl (C=O) groups is 1. The average Bonchev–Trinajstić information content (AvgIpc) is 3.21. The number of rotatable bonds is 7. The summed E-state index contributed by atoms with van der Waals surface area (Å²) in [5.41, 5.74) is 2.48. The van der Waals surface area contributed by atoms with Crippen molar-refractivity contribution in [3.8, 4) is 11.5 Å². The minimum atomic E-state index is -0.0406. The monoisotopic (exact) mass is 523 g/mol. The number of ether oxygens (including phenoxy) is 2. The normalized spacial score (nSPS) is 11.7. The van der Waals surface area contributed by atoms with Crippen molar-refractivity contribution in [3.63, 3.8) is 0 Å². The molecular weight excluding hydrogens is 505 g/mol. The Bertz CT molecular complexity index is 1090. The summed E-state index contributed by atoms with van der Waals surface area (Å²) >= 11 is 12.4. The molecular formula is C22H20BrCl2N3O3. The van der Waals surface area contributed by atoms with Crippen molar-refractivity contribution in [2.24, 2.45) is 0 Å². The number of nitrogens with one attached hydrogen (secondary N) is 1. The minimum absolute atomic E-state index is 0. The number of Topliss-reactive ketones (excluding diaryl/α,β-unsaturated/α-hetero) is 1. The molecule has 0 atom stereocenters. The maximum atomic E-state index is 12.5. The highest BCUT2D eigenvalue weighted by atomic mass is 79.9. The van der Waals surface area contributed by atoms with E-state index in [4.69, 9.17) is 32.7 Å². The van der Waals surface area contributed by atoms with Crippen LogP contribution in [0, 0.1) is 6.92 Å². The van der Waals surface area contributed by atoms with E-state index in [0.29, 0.717) is 28.0 Å². The van der Waals surface area contributed by atoms with E-state index in [2.05, 4.69) is 10.3 Å². The summed E-state index contributed by atoms with van der Waals surface area (Å²) in [6.45, 7) is 2.93. The molecule has 4 rings (SSSR count). The van der Waals surface area contributed by atoms with Gasteiger partial charge in [0.2, 0.25) is 12.6 Å². The van der Waals surface area contributed by atoms with Crippen molar-refractivity contribution < 1.29 is 35.8 Å². The summed E-state index contributed by atoms with van der Waals surface area (Å²) < 4.78 is 12.5. The maximum Gasteiger partial charge on any atom is 0.289 e. The molecule has 2 aromatic carbocycles. The predicted octanol–water partition coefficient (Wildman–Crippen LogP) is 1.25. The van der Waals surface area contributed by atoms with Gasteiger partial charge in [-0.2, -0.15) is 0 Å². The fourth-order valence-corrected chi connectivity index (χ4v) is 3.50. The molecule has 0 unspecified atom stereocenters. The van der Waals surface area contributed by atoms with E-state index in [-0.39, 0.29) is 36.1 Å². The number of nitrogens with zero attached hydrogens (tertiary/aromatic N) is 2. The summed E-state index contributed by atoms with van der Waals surface area (Å²) in [5, 5.41) is 4.35. The summed E-state index contributed by atoms with van der Waals surface area (Å²) in [4.78, 5) is 16.9. The van der Waals surface area contributed by atoms with Crippen LogP contribution in [0.25, 0.3) is 0 Å². The van der Waals surface area contributed by atoms with Gasteiger partial charge in [-0.05, 0) is 60.3 Å². The Hall–Kier alpha value is -2.35. The molecule has 1 aliphatic rings. The Morgan fingerprint density at radius 3 is 2.65 bits per heavy atom. The predicted molar refractivity (Wildman–Crippen MR) is 115 cm³/mol. The van der Waals surface area contributed by atoms with E-state index in [1.165, 1.54) is 0 Å². The van der Waals surface area contributed by atoms with Crippen LogP contribution in [0.4, 0.5) is 5.82 Å². The van der Waals surface area contributed by atoms with Gasteiger partial charge < -0.3 is 31.8 Å². The molecule has 0 saturated carbocycles. The Morgan fingerprint density at radius 1 is 1.13 bits per heavy atom. The zero-order chi connectivity index (χ0) is 21.1. The van der Waals surface area contributed by atoms with Gasteiger partial charge in [-0.1, -0.05) is 29.3 Å². The average molecular weight is 525 g/mol. The number of ketones is 1. The van der Waals surface area contributed by atoms with Gasteiger partial charge in [-0.3, -0.25) is 4.79 Å². The van der Waals surface area contributed by atoms with Gasteiger partial charge >= 0.3 is 0 Å². The molecule has 6 nitrogen and oxygen atoms in total. The molecule has 0 spiro atoms. The van der Waals surface area contributed by atoms with Crippen LogP contribution in [0.15, 0.2) is 48.8 Å². The first-order valence-corrected chi connectivity index (χ1v) is 10.2. The van der Waals surface area contributed by atoms with Crippen LogP contribution in [0.1, 0.15) is 21.6 Å². The molecule has 31 heavy (non-hydrogen) atoms.